The Bertz CT molecular complexity index is 608. The first-order chi connectivity index (χ1) is 8.97. The molecule has 19 heavy (non-hydrogen) atoms. The Balaban J connectivity index is 2.14. The molecule has 4 nitrogen and oxygen atoms in total. The van der Waals surface area contributed by atoms with Crippen LogP contribution in [-0.2, 0) is 6.54 Å². The maximum Gasteiger partial charge on any atom is 0.335 e. The van der Waals surface area contributed by atoms with Crippen molar-refractivity contribution in [3.63, 3.8) is 0 Å². The van der Waals surface area contributed by atoms with Crippen molar-refractivity contribution in [1.82, 2.24) is 0 Å². The van der Waals surface area contributed by atoms with Gasteiger partial charge in [-0.15, -0.1) is 0 Å². The van der Waals surface area contributed by atoms with E-state index in [0.29, 0.717) is 10.4 Å². The molecule has 1 heterocycles. The van der Waals surface area contributed by atoms with Gasteiger partial charge in [0, 0.05) is 0 Å². The maximum atomic E-state index is 13.5. The number of aromatic carboxylic acids is 1. The summed E-state index contributed by atoms with van der Waals surface area (Å²) in [6.45, 7) is 0.240. The summed E-state index contributed by atoms with van der Waals surface area (Å²) in [7, 11) is 0. The van der Waals surface area contributed by atoms with Crippen molar-refractivity contribution in [2.24, 2.45) is 0 Å². The van der Waals surface area contributed by atoms with E-state index in [1.165, 1.54) is 12.1 Å². The van der Waals surface area contributed by atoms with Crippen LogP contribution in [0.3, 0.4) is 0 Å². The summed E-state index contributed by atoms with van der Waals surface area (Å²) >= 11 is 6.46. The first-order valence-corrected chi connectivity index (χ1v) is 6.76. The van der Waals surface area contributed by atoms with Crippen LogP contribution < -0.4 is 5.32 Å². The highest BCUT2D eigenvalue weighted by atomic mass is 79.9. The number of carbonyl (C=O) groups is 1. The summed E-state index contributed by atoms with van der Waals surface area (Å²) in [4.78, 5) is 10.8. The number of hydrogen-bond donors (Lipinski definition) is 2. The Morgan fingerprint density at radius 1 is 1.37 bits per heavy atom. The van der Waals surface area contributed by atoms with Gasteiger partial charge >= 0.3 is 5.97 Å². The van der Waals surface area contributed by atoms with E-state index in [1.807, 2.05) is 0 Å². The molecule has 0 fully saturated rings. The van der Waals surface area contributed by atoms with Crippen molar-refractivity contribution in [2.75, 3.05) is 5.32 Å². The van der Waals surface area contributed by atoms with Gasteiger partial charge in [0.15, 0.2) is 4.67 Å². The van der Waals surface area contributed by atoms with E-state index in [1.54, 1.807) is 6.07 Å². The van der Waals surface area contributed by atoms with Crippen LogP contribution in [0.5, 0.6) is 0 Å². The molecule has 0 spiro atoms. The van der Waals surface area contributed by atoms with Crippen LogP contribution in [0.25, 0.3) is 0 Å². The summed E-state index contributed by atoms with van der Waals surface area (Å²) in [5, 5.41) is 11.6. The molecule has 0 saturated heterocycles. The third-order valence-electron chi connectivity index (χ3n) is 2.36. The molecule has 100 valence electrons. The molecule has 0 aliphatic rings. The molecule has 1 aromatic heterocycles. The number of benzene rings is 1. The topological polar surface area (TPSA) is 62.5 Å². The third-order valence-corrected chi connectivity index (χ3v) is 4.07. The smallest absolute Gasteiger partial charge is 0.335 e. The van der Waals surface area contributed by atoms with Gasteiger partial charge in [-0.1, -0.05) is 0 Å². The quantitative estimate of drug-likeness (QED) is 0.816. The number of carboxylic acids is 1. The number of nitrogens with one attached hydrogen (secondary N) is 1. The van der Waals surface area contributed by atoms with Crippen molar-refractivity contribution in [3.8, 4) is 0 Å². The zero-order valence-electron chi connectivity index (χ0n) is 9.41. The van der Waals surface area contributed by atoms with E-state index in [2.05, 4.69) is 37.2 Å². The van der Waals surface area contributed by atoms with Crippen LogP contribution >= 0.6 is 31.9 Å². The van der Waals surface area contributed by atoms with Gasteiger partial charge in [-0.3, -0.25) is 0 Å². The molecule has 2 rings (SSSR count). The molecule has 0 aliphatic carbocycles. The van der Waals surface area contributed by atoms with E-state index in [9.17, 15) is 9.18 Å². The normalized spacial score (nSPS) is 10.5. The zero-order valence-corrected chi connectivity index (χ0v) is 12.6. The predicted octanol–water partition coefficient (Wildman–Crippen LogP) is 4.25. The third kappa shape index (κ3) is 3.36. The molecule has 0 saturated carbocycles. The van der Waals surface area contributed by atoms with Crippen LogP contribution in [0.4, 0.5) is 10.1 Å². The van der Waals surface area contributed by atoms with Crippen molar-refractivity contribution in [3.05, 3.63) is 50.5 Å². The summed E-state index contributed by atoms with van der Waals surface area (Å²) in [5.74, 6) is -1.04. The fraction of sp³-hybridized carbons (Fsp3) is 0.0833. The molecule has 7 heteroatoms. The number of carboxylic acid groups (broad SMARTS) is 1. The largest absolute Gasteiger partial charge is 0.478 e. The van der Waals surface area contributed by atoms with Crippen molar-refractivity contribution < 1.29 is 18.7 Å². The SMILES string of the molecule is O=C(O)c1ccc(F)c(NCc2cc(Br)c(Br)o2)c1. The minimum absolute atomic E-state index is 0.0192. The van der Waals surface area contributed by atoms with Crippen LogP contribution in [0.1, 0.15) is 16.1 Å². The van der Waals surface area contributed by atoms with Crippen molar-refractivity contribution in [2.45, 2.75) is 6.54 Å². The average Bonchev–Trinajstić information content (AvgIpc) is 2.67. The van der Waals surface area contributed by atoms with Gasteiger partial charge < -0.3 is 14.8 Å². The molecule has 0 unspecified atom stereocenters. The minimum Gasteiger partial charge on any atom is -0.478 e. The van der Waals surface area contributed by atoms with E-state index >= 15 is 0 Å². The van der Waals surface area contributed by atoms with Crippen LogP contribution in [-0.4, -0.2) is 11.1 Å². The molecule has 0 atom stereocenters. The summed E-state index contributed by atoms with van der Waals surface area (Å²) in [5.41, 5.74) is 0.134. The molecule has 0 radical (unpaired) electrons. The Kier molecular flexibility index (Phi) is 4.26. The standard InChI is InChI=1S/C12H8Br2FNO3/c13-8-4-7(19-11(8)14)5-16-10-3-6(12(17)18)1-2-9(10)15/h1-4,16H,5H2,(H,17,18). The first-order valence-electron chi connectivity index (χ1n) is 5.18. The summed E-state index contributed by atoms with van der Waals surface area (Å²) in [6, 6.07) is 5.30. The van der Waals surface area contributed by atoms with Gasteiger partial charge in [0.1, 0.15) is 11.6 Å². The minimum atomic E-state index is -1.11. The van der Waals surface area contributed by atoms with Gasteiger partial charge in [-0.2, -0.15) is 0 Å². The summed E-state index contributed by atoms with van der Waals surface area (Å²) in [6.07, 6.45) is 0. The van der Waals surface area contributed by atoms with Gasteiger partial charge in [-0.25, -0.2) is 9.18 Å². The lowest BCUT2D eigenvalue weighted by molar-refractivity contribution is 0.0697. The number of hydrogen-bond acceptors (Lipinski definition) is 3. The van der Waals surface area contributed by atoms with Crippen molar-refractivity contribution in [1.29, 1.82) is 0 Å². The number of anilines is 1. The van der Waals surface area contributed by atoms with Crippen LogP contribution in [0, 0.1) is 5.82 Å². The van der Waals surface area contributed by atoms with Crippen molar-refractivity contribution >= 4 is 43.5 Å². The number of furan rings is 1. The second-order valence-electron chi connectivity index (χ2n) is 3.69. The highest BCUT2D eigenvalue weighted by molar-refractivity contribution is 9.13. The van der Waals surface area contributed by atoms with Gasteiger partial charge in [0.2, 0.25) is 0 Å². The predicted molar refractivity (Wildman–Crippen MR) is 74.8 cm³/mol. The van der Waals surface area contributed by atoms with Gasteiger partial charge in [0.25, 0.3) is 0 Å². The Hall–Kier alpha value is -1.34. The highest BCUT2D eigenvalue weighted by Crippen LogP contribution is 2.27. The first kappa shape index (κ1) is 14.1. The molecule has 2 aromatic rings. The number of halogens is 3. The van der Waals surface area contributed by atoms with E-state index in [4.69, 9.17) is 9.52 Å². The second kappa shape index (κ2) is 5.75. The lowest BCUT2D eigenvalue weighted by Crippen LogP contribution is -2.03. The average molecular weight is 393 g/mol. The molecule has 0 aliphatic heterocycles. The Morgan fingerprint density at radius 3 is 2.68 bits per heavy atom. The monoisotopic (exact) mass is 391 g/mol. The van der Waals surface area contributed by atoms with Gasteiger partial charge in [0.05, 0.1) is 22.3 Å². The lowest BCUT2D eigenvalue weighted by Gasteiger charge is -2.06. The van der Waals surface area contributed by atoms with Crippen LogP contribution in [0.2, 0.25) is 0 Å². The Morgan fingerprint density at radius 2 is 2.11 bits per heavy atom. The van der Waals surface area contributed by atoms with E-state index in [0.717, 1.165) is 10.5 Å². The van der Waals surface area contributed by atoms with E-state index < -0.39 is 11.8 Å². The fourth-order valence-electron chi connectivity index (χ4n) is 1.45. The number of rotatable bonds is 4. The molecular weight excluding hydrogens is 385 g/mol. The maximum absolute atomic E-state index is 13.5. The summed E-state index contributed by atoms with van der Waals surface area (Å²) < 4.78 is 20.1. The Labute approximate surface area is 124 Å². The molecule has 2 N–H and O–H groups in total. The highest BCUT2D eigenvalue weighted by Gasteiger charge is 2.10. The zero-order chi connectivity index (χ0) is 14.0. The fourth-order valence-corrected chi connectivity index (χ4v) is 2.11. The molecule has 0 amide bonds. The molecular formula is C12H8Br2FNO3. The van der Waals surface area contributed by atoms with Gasteiger partial charge in [-0.05, 0) is 56.1 Å². The molecule has 0 bridgehead atoms. The lowest BCUT2D eigenvalue weighted by atomic mass is 10.2. The molecule has 1 aromatic carbocycles. The second-order valence-corrected chi connectivity index (χ2v) is 5.26. The van der Waals surface area contributed by atoms with E-state index in [-0.39, 0.29) is 17.8 Å². The van der Waals surface area contributed by atoms with Crippen LogP contribution in [0.15, 0.2) is 37.8 Å².